The predicted molar refractivity (Wildman–Crippen MR) is 76.7 cm³/mol. The SMILES string of the molecule is O=C(O)/C=C/c1coc2ccc3ccccc3c2c1=O. The average molecular weight is 266 g/mol. The number of aliphatic carboxylic acids is 1. The maximum atomic E-state index is 12.5. The molecule has 0 fully saturated rings. The number of carbonyl (C=O) groups is 1. The van der Waals surface area contributed by atoms with Crippen LogP contribution in [0.15, 0.2) is 57.9 Å². The molecule has 4 heteroatoms. The van der Waals surface area contributed by atoms with Crippen molar-refractivity contribution < 1.29 is 14.3 Å². The standard InChI is InChI=1S/C16H10O4/c17-14(18)8-6-11-9-20-13-7-5-10-3-1-2-4-12(10)15(13)16(11)19/h1-9H,(H,17,18)/b8-6+. The molecular weight excluding hydrogens is 256 g/mol. The molecule has 0 unspecified atom stereocenters. The average Bonchev–Trinajstić information content (AvgIpc) is 2.46. The molecule has 0 aliphatic heterocycles. The first-order valence-electron chi connectivity index (χ1n) is 6.01. The Bertz CT molecular complexity index is 903. The van der Waals surface area contributed by atoms with E-state index in [1.165, 1.54) is 12.3 Å². The number of fused-ring (bicyclic) bond motifs is 3. The number of benzene rings is 2. The molecule has 3 aromatic rings. The van der Waals surface area contributed by atoms with Crippen LogP contribution in [0.3, 0.4) is 0 Å². The number of hydrogen-bond acceptors (Lipinski definition) is 3. The smallest absolute Gasteiger partial charge is 0.328 e. The molecule has 0 aliphatic carbocycles. The lowest BCUT2D eigenvalue weighted by atomic mass is 10.0. The zero-order valence-electron chi connectivity index (χ0n) is 10.4. The Balaban J connectivity index is 2.38. The third-order valence-electron chi connectivity index (χ3n) is 3.10. The summed E-state index contributed by atoms with van der Waals surface area (Å²) in [6, 6.07) is 11.1. The van der Waals surface area contributed by atoms with Gasteiger partial charge in [0.05, 0.1) is 10.9 Å². The second kappa shape index (κ2) is 4.66. The first-order valence-corrected chi connectivity index (χ1v) is 6.01. The molecule has 1 heterocycles. The maximum absolute atomic E-state index is 12.5. The van der Waals surface area contributed by atoms with E-state index in [-0.39, 0.29) is 11.0 Å². The molecule has 0 amide bonds. The van der Waals surface area contributed by atoms with Crippen LogP contribution in [0.5, 0.6) is 0 Å². The predicted octanol–water partition coefficient (Wildman–Crippen LogP) is 3.04. The summed E-state index contributed by atoms with van der Waals surface area (Å²) in [5.41, 5.74) is 0.470. The summed E-state index contributed by atoms with van der Waals surface area (Å²) >= 11 is 0. The van der Waals surface area contributed by atoms with E-state index in [2.05, 4.69) is 0 Å². The van der Waals surface area contributed by atoms with Gasteiger partial charge in [0.1, 0.15) is 11.8 Å². The van der Waals surface area contributed by atoms with Crippen LogP contribution < -0.4 is 5.43 Å². The van der Waals surface area contributed by atoms with E-state index in [1.807, 2.05) is 30.3 Å². The molecule has 20 heavy (non-hydrogen) atoms. The molecule has 3 rings (SSSR count). The largest absolute Gasteiger partial charge is 0.478 e. The quantitative estimate of drug-likeness (QED) is 0.571. The van der Waals surface area contributed by atoms with Crippen LogP contribution in [0.4, 0.5) is 0 Å². The van der Waals surface area contributed by atoms with Crippen LogP contribution in [0.25, 0.3) is 27.8 Å². The minimum absolute atomic E-state index is 0.219. The van der Waals surface area contributed by atoms with Gasteiger partial charge in [0, 0.05) is 6.08 Å². The van der Waals surface area contributed by atoms with Gasteiger partial charge in [-0.05, 0) is 22.9 Å². The summed E-state index contributed by atoms with van der Waals surface area (Å²) in [7, 11) is 0. The molecule has 2 aromatic carbocycles. The summed E-state index contributed by atoms with van der Waals surface area (Å²) in [6.45, 7) is 0. The van der Waals surface area contributed by atoms with Crippen molar-refractivity contribution in [3.8, 4) is 0 Å². The van der Waals surface area contributed by atoms with Crippen LogP contribution >= 0.6 is 0 Å². The van der Waals surface area contributed by atoms with Crippen molar-refractivity contribution in [1.82, 2.24) is 0 Å². The molecule has 98 valence electrons. The molecular formula is C16H10O4. The van der Waals surface area contributed by atoms with Gasteiger partial charge in [0.2, 0.25) is 5.43 Å². The first kappa shape index (κ1) is 12.2. The zero-order chi connectivity index (χ0) is 14.1. The second-order valence-corrected chi connectivity index (χ2v) is 4.35. The summed E-state index contributed by atoms with van der Waals surface area (Å²) in [5.74, 6) is -1.11. The van der Waals surface area contributed by atoms with Crippen LogP contribution in [-0.4, -0.2) is 11.1 Å². The summed E-state index contributed by atoms with van der Waals surface area (Å²) in [5, 5.41) is 10.8. The number of carboxylic acid groups (broad SMARTS) is 1. The fourth-order valence-electron chi connectivity index (χ4n) is 2.18. The van der Waals surface area contributed by atoms with Gasteiger partial charge in [-0.1, -0.05) is 30.3 Å². The van der Waals surface area contributed by atoms with Gasteiger partial charge in [-0.15, -0.1) is 0 Å². The highest BCUT2D eigenvalue weighted by Crippen LogP contribution is 2.23. The lowest BCUT2D eigenvalue weighted by molar-refractivity contribution is -0.131. The molecule has 4 nitrogen and oxygen atoms in total. The van der Waals surface area contributed by atoms with Gasteiger partial charge >= 0.3 is 5.97 Å². The summed E-state index contributed by atoms with van der Waals surface area (Å²) < 4.78 is 5.42. The van der Waals surface area contributed by atoms with Crippen LogP contribution in [0.2, 0.25) is 0 Å². The fraction of sp³-hybridized carbons (Fsp3) is 0. The first-order chi connectivity index (χ1) is 9.66. The Morgan fingerprint density at radius 3 is 2.75 bits per heavy atom. The van der Waals surface area contributed by atoms with Crippen molar-refractivity contribution in [2.45, 2.75) is 0 Å². The molecule has 1 aromatic heterocycles. The van der Waals surface area contributed by atoms with Crippen LogP contribution in [0.1, 0.15) is 5.56 Å². The van der Waals surface area contributed by atoms with Gasteiger partial charge in [0.15, 0.2) is 0 Å². The molecule has 0 saturated carbocycles. The molecule has 0 bridgehead atoms. The van der Waals surface area contributed by atoms with E-state index in [1.54, 1.807) is 6.07 Å². The van der Waals surface area contributed by atoms with Crippen LogP contribution in [-0.2, 0) is 4.79 Å². The Hall–Kier alpha value is -2.88. The van der Waals surface area contributed by atoms with E-state index in [4.69, 9.17) is 9.52 Å². The van der Waals surface area contributed by atoms with Crippen molar-refractivity contribution in [2.75, 3.05) is 0 Å². The van der Waals surface area contributed by atoms with Gasteiger partial charge < -0.3 is 9.52 Å². The highest BCUT2D eigenvalue weighted by molar-refractivity contribution is 6.05. The lowest BCUT2D eigenvalue weighted by Gasteiger charge is -2.03. The van der Waals surface area contributed by atoms with Gasteiger partial charge in [0.25, 0.3) is 0 Å². The monoisotopic (exact) mass is 266 g/mol. The Labute approximate surface area is 113 Å². The highest BCUT2D eigenvalue weighted by atomic mass is 16.4. The number of hydrogen-bond donors (Lipinski definition) is 1. The number of carboxylic acids is 1. The zero-order valence-corrected chi connectivity index (χ0v) is 10.4. The Morgan fingerprint density at radius 1 is 1.15 bits per heavy atom. The topological polar surface area (TPSA) is 67.5 Å². The van der Waals surface area contributed by atoms with Crippen molar-refractivity contribution in [3.63, 3.8) is 0 Å². The van der Waals surface area contributed by atoms with E-state index in [0.29, 0.717) is 11.0 Å². The van der Waals surface area contributed by atoms with E-state index < -0.39 is 5.97 Å². The summed E-state index contributed by atoms with van der Waals surface area (Å²) in [4.78, 5) is 23.0. The molecule has 1 N–H and O–H groups in total. The minimum Gasteiger partial charge on any atom is -0.478 e. The summed E-state index contributed by atoms with van der Waals surface area (Å²) in [6.07, 6.45) is 3.44. The van der Waals surface area contributed by atoms with Crippen molar-refractivity contribution in [1.29, 1.82) is 0 Å². The van der Waals surface area contributed by atoms with Gasteiger partial charge in [-0.25, -0.2) is 4.79 Å². The van der Waals surface area contributed by atoms with Crippen molar-refractivity contribution >= 4 is 33.8 Å². The molecule has 0 spiro atoms. The third-order valence-corrected chi connectivity index (χ3v) is 3.10. The third kappa shape index (κ3) is 1.97. The molecule has 0 radical (unpaired) electrons. The van der Waals surface area contributed by atoms with E-state index >= 15 is 0 Å². The molecule has 0 atom stereocenters. The lowest BCUT2D eigenvalue weighted by Crippen LogP contribution is -2.05. The molecule has 0 aliphatic rings. The minimum atomic E-state index is -1.11. The van der Waals surface area contributed by atoms with Gasteiger partial charge in [-0.2, -0.15) is 0 Å². The van der Waals surface area contributed by atoms with Crippen LogP contribution in [0, 0.1) is 0 Å². The van der Waals surface area contributed by atoms with Crippen molar-refractivity contribution in [2.24, 2.45) is 0 Å². The maximum Gasteiger partial charge on any atom is 0.328 e. The highest BCUT2D eigenvalue weighted by Gasteiger charge is 2.08. The Kier molecular flexibility index (Phi) is 2.84. The van der Waals surface area contributed by atoms with Crippen molar-refractivity contribution in [3.05, 3.63) is 64.5 Å². The van der Waals surface area contributed by atoms with Gasteiger partial charge in [-0.3, -0.25) is 4.79 Å². The second-order valence-electron chi connectivity index (χ2n) is 4.35. The Morgan fingerprint density at radius 2 is 1.95 bits per heavy atom. The molecule has 0 saturated heterocycles. The fourth-order valence-corrected chi connectivity index (χ4v) is 2.18. The van der Waals surface area contributed by atoms with E-state index in [9.17, 15) is 9.59 Å². The normalized spacial score (nSPS) is 11.4. The number of rotatable bonds is 2. The van der Waals surface area contributed by atoms with E-state index in [0.717, 1.165) is 16.8 Å².